The first kappa shape index (κ1) is 22.3. The molecular formula is C23H24ClN3O5. The van der Waals surface area contributed by atoms with E-state index < -0.39 is 5.97 Å². The number of halogens is 1. The summed E-state index contributed by atoms with van der Waals surface area (Å²) in [4.78, 5) is 12.0. The first-order valence-electron chi connectivity index (χ1n) is 10.3. The van der Waals surface area contributed by atoms with E-state index in [1.165, 1.54) is 7.11 Å². The van der Waals surface area contributed by atoms with Crippen molar-refractivity contribution in [2.75, 3.05) is 13.7 Å². The van der Waals surface area contributed by atoms with Crippen LogP contribution in [-0.2, 0) is 27.9 Å². The van der Waals surface area contributed by atoms with Gasteiger partial charge in [0.15, 0.2) is 6.29 Å². The highest BCUT2D eigenvalue weighted by molar-refractivity contribution is 6.30. The normalized spacial score (nSPS) is 16.0. The third-order valence-corrected chi connectivity index (χ3v) is 5.43. The Hall–Kier alpha value is -2.94. The van der Waals surface area contributed by atoms with Gasteiger partial charge in [0.25, 0.3) is 0 Å². The van der Waals surface area contributed by atoms with Gasteiger partial charge in [0, 0.05) is 30.3 Å². The van der Waals surface area contributed by atoms with E-state index in [0.29, 0.717) is 28.7 Å². The molecule has 1 atom stereocenters. The summed E-state index contributed by atoms with van der Waals surface area (Å²) in [6, 6.07) is 12.1. The highest BCUT2D eigenvalue weighted by atomic mass is 35.5. The molecule has 4 rings (SSSR count). The number of carbonyl (C=O) groups is 1. The first-order valence-corrected chi connectivity index (χ1v) is 10.7. The van der Waals surface area contributed by atoms with Crippen LogP contribution in [0.3, 0.4) is 0 Å². The molecule has 2 heterocycles. The van der Waals surface area contributed by atoms with Crippen LogP contribution in [0.1, 0.15) is 35.3 Å². The first-order chi connectivity index (χ1) is 15.5. The maximum atomic E-state index is 12.0. The summed E-state index contributed by atoms with van der Waals surface area (Å²) < 4.78 is 24.0. The van der Waals surface area contributed by atoms with Crippen molar-refractivity contribution in [2.45, 2.75) is 32.2 Å². The van der Waals surface area contributed by atoms with Gasteiger partial charge in [-0.3, -0.25) is 0 Å². The predicted molar refractivity (Wildman–Crippen MR) is 118 cm³/mol. The maximum Gasteiger partial charge on any atom is 0.341 e. The number of esters is 1. The average molecular weight is 458 g/mol. The smallest absolute Gasteiger partial charge is 0.341 e. The van der Waals surface area contributed by atoms with Crippen molar-refractivity contribution in [1.29, 1.82) is 0 Å². The number of rotatable bonds is 7. The van der Waals surface area contributed by atoms with Gasteiger partial charge in [0.1, 0.15) is 22.8 Å². The van der Waals surface area contributed by atoms with E-state index in [-0.39, 0.29) is 6.29 Å². The third-order valence-electron chi connectivity index (χ3n) is 5.19. The number of benzene rings is 2. The van der Waals surface area contributed by atoms with E-state index in [2.05, 4.69) is 10.3 Å². The lowest BCUT2D eigenvalue weighted by atomic mass is 10.1. The summed E-state index contributed by atoms with van der Waals surface area (Å²) in [5, 5.41) is 8.90. The van der Waals surface area contributed by atoms with Crippen LogP contribution in [0.25, 0.3) is 11.3 Å². The molecule has 1 saturated heterocycles. The Bertz CT molecular complexity index is 1080. The SMILES string of the molecule is COC(=O)c1ccc(Cl)cc1Oc1ccc(-c2nnn(C)c2COC2CCCCO2)cc1. The fourth-order valence-electron chi connectivity index (χ4n) is 3.44. The van der Waals surface area contributed by atoms with Crippen molar-refractivity contribution in [3.05, 3.63) is 58.7 Å². The molecule has 8 nitrogen and oxygen atoms in total. The Balaban J connectivity index is 1.50. The van der Waals surface area contributed by atoms with E-state index in [4.69, 9.17) is 30.5 Å². The molecule has 1 aromatic heterocycles. The van der Waals surface area contributed by atoms with E-state index in [0.717, 1.165) is 42.8 Å². The quantitative estimate of drug-likeness (QED) is 0.473. The average Bonchev–Trinajstić information content (AvgIpc) is 3.18. The summed E-state index contributed by atoms with van der Waals surface area (Å²) in [7, 11) is 3.15. The molecule has 1 unspecified atom stereocenters. The Morgan fingerprint density at radius 1 is 1.22 bits per heavy atom. The van der Waals surface area contributed by atoms with Gasteiger partial charge < -0.3 is 18.9 Å². The van der Waals surface area contributed by atoms with Crippen LogP contribution in [0.15, 0.2) is 42.5 Å². The largest absolute Gasteiger partial charge is 0.465 e. The molecule has 0 radical (unpaired) electrons. The Morgan fingerprint density at radius 3 is 2.75 bits per heavy atom. The zero-order valence-corrected chi connectivity index (χ0v) is 18.7. The lowest BCUT2D eigenvalue weighted by Crippen LogP contribution is -2.22. The van der Waals surface area contributed by atoms with Crippen molar-refractivity contribution in [3.63, 3.8) is 0 Å². The summed E-state index contributed by atoms with van der Waals surface area (Å²) in [6.07, 6.45) is 2.88. The fourth-order valence-corrected chi connectivity index (χ4v) is 3.61. The minimum atomic E-state index is -0.501. The van der Waals surface area contributed by atoms with Gasteiger partial charge in [-0.25, -0.2) is 9.48 Å². The van der Waals surface area contributed by atoms with Gasteiger partial charge in [-0.1, -0.05) is 16.8 Å². The van der Waals surface area contributed by atoms with Gasteiger partial charge in [-0.05, 0) is 55.7 Å². The predicted octanol–water partition coefficient (Wildman–Crippen LogP) is 4.76. The molecule has 32 heavy (non-hydrogen) atoms. The number of hydrogen-bond donors (Lipinski definition) is 0. The maximum absolute atomic E-state index is 12.0. The molecule has 0 saturated carbocycles. The van der Waals surface area contributed by atoms with Gasteiger partial charge in [-0.2, -0.15) is 0 Å². The van der Waals surface area contributed by atoms with Crippen LogP contribution in [0.2, 0.25) is 5.02 Å². The zero-order valence-electron chi connectivity index (χ0n) is 17.9. The molecular weight excluding hydrogens is 434 g/mol. The van der Waals surface area contributed by atoms with Crippen molar-refractivity contribution in [3.8, 4) is 22.8 Å². The molecule has 168 valence electrons. The van der Waals surface area contributed by atoms with Crippen LogP contribution in [-0.4, -0.2) is 41.0 Å². The van der Waals surface area contributed by atoms with Gasteiger partial charge in [-0.15, -0.1) is 5.10 Å². The molecule has 3 aromatic rings. The van der Waals surface area contributed by atoms with E-state index >= 15 is 0 Å². The van der Waals surface area contributed by atoms with Crippen LogP contribution in [0, 0.1) is 0 Å². The summed E-state index contributed by atoms with van der Waals surface area (Å²) >= 11 is 6.07. The molecule has 0 amide bonds. The number of aryl methyl sites for hydroxylation is 1. The Labute approximate surface area is 191 Å². The highest BCUT2D eigenvalue weighted by Gasteiger charge is 2.19. The second-order valence-corrected chi connectivity index (χ2v) is 7.81. The summed E-state index contributed by atoms with van der Waals surface area (Å²) in [6.45, 7) is 1.08. The number of carbonyl (C=O) groups excluding carboxylic acids is 1. The van der Waals surface area contributed by atoms with Crippen molar-refractivity contribution in [2.24, 2.45) is 7.05 Å². The molecule has 1 aliphatic rings. The second kappa shape index (κ2) is 10.1. The number of aromatic nitrogens is 3. The van der Waals surface area contributed by atoms with Crippen LogP contribution in [0.4, 0.5) is 0 Å². The molecule has 0 bridgehead atoms. The van der Waals surface area contributed by atoms with Gasteiger partial charge in [0.2, 0.25) is 0 Å². The minimum Gasteiger partial charge on any atom is -0.465 e. The minimum absolute atomic E-state index is 0.191. The fraction of sp³-hybridized carbons (Fsp3) is 0.348. The van der Waals surface area contributed by atoms with E-state index in [1.54, 1.807) is 35.0 Å². The number of nitrogens with zero attached hydrogens (tertiary/aromatic N) is 3. The lowest BCUT2D eigenvalue weighted by Gasteiger charge is -2.22. The monoisotopic (exact) mass is 457 g/mol. The van der Waals surface area contributed by atoms with E-state index in [1.807, 2.05) is 19.2 Å². The van der Waals surface area contributed by atoms with Gasteiger partial charge in [0.05, 0.1) is 19.4 Å². The number of ether oxygens (including phenoxy) is 4. The molecule has 0 spiro atoms. The topological polar surface area (TPSA) is 84.7 Å². The number of hydrogen-bond acceptors (Lipinski definition) is 7. The van der Waals surface area contributed by atoms with Gasteiger partial charge >= 0.3 is 5.97 Å². The standard InChI is InChI=1S/C23H24ClN3O5/c1-27-19(14-31-21-5-3-4-12-30-21)22(25-26-27)15-6-9-17(10-7-15)32-20-13-16(24)8-11-18(20)23(28)29-2/h6-11,13,21H,3-5,12,14H2,1-2H3. The number of methoxy groups -OCH3 is 1. The van der Waals surface area contributed by atoms with Crippen LogP contribution >= 0.6 is 11.6 Å². The van der Waals surface area contributed by atoms with Crippen LogP contribution in [0.5, 0.6) is 11.5 Å². The van der Waals surface area contributed by atoms with Crippen molar-refractivity contribution >= 4 is 17.6 Å². The van der Waals surface area contributed by atoms with Crippen molar-refractivity contribution < 1.29 is 23.7 Å². The lowest BCUT2D eigenvalue weighted by molar-refractivity contribution is -0.169. The van der Waals surface area contributed by atoms with Crippen molar-refractivity contribution in [1.82, 2.24) is 15.0 Å². The Kier molecular flexibility index (Phi) is 7.04. The second-order valence-electron chi connectivity index (χ2n) is 7.37. The molecule has 1 fully saturated rings. The van der Waals surface area contributed by atoms with Crippen LogP contribution < -0.4 is 4.74 Å². The molecule has 0 N–H and O–H groups in total. The Morgan fingerprint density at radius 2 is 2.03 bits per heavy atom. The third kappa shape index (κ3) is 5.09. The molecule has 0 aliphatic carbocycles. The molecule has 2 aromatic carbocycles. The van der Waals surface area contributed by atoms with E-state index in [9.17, 15) is 4.79 Å². The summed E-state index contributed by atoms with van der Waals surface area (Å²) in [5.41, 5.74) is 2.75. The molecule has 9 heteroatoms. The molecule has 1 aliphatic heterocycles. The highest BCUT2D eigenvalue weighted by Crippen LogP contribution is 2.31. The summed E-state index contributed by atoms with van der Waals surface area (Å²) in [5.74, 6) is 0.357. The zero-order chi connectivity index (χ0) is 22.5.